The fourth-order valence-electron chi connectivity index (χ4n) is 2.69. The molecule has 1 aliphatic carbocycles. The summed E-state index contributed by atoms with van der Waals surface area (Å²) < 4.78 is 5.44. The largest absolute Gasteiger partial charge is 0.481 e. The molecule has 0 heterocycles. The van der Waals surface area contributed by atoms with Gasteiger partial charge in [0, 0.05) is 13.5 Å². The van der Waals surface area contributed by atoms with E-state index >= 15 is 0 Å². The lowest BCUT2D eigenvalue weighted by atomic mass is 9.89. The molecule has 1 fully saturated rings. The van der Waals surface area contributed by atoms with Gasteiger partial charge in [-0.1, -0.05) is 24.3 Å². The van der Waals surface area contributed by atoms with Crippen LogP contribution in [0, 0.1) is 5.92 Å². The van der Waals surface area contributed by atoms with E-state index in [1.807, 2.05) is 0 Å². The minimum atomic E-state index is -0.702. The summed E-state index contributed by atoms with van der Waals surface area (Å²) in [4.78, 5) is 11.0. The number of rotatable bonds is 7. The maximum absolute atomic E-state index is 11.0. The normalized spacial score (nSPS) is 16.9. The average molecular weight is 276 g/mol. The third-order valence-electron chi connectivity index (χ3n) is 4.18. The van der Waals surface area contributed by atoms with Gasteiger partial charge in [-0.3, -0.25) is 4.79 Å². The third kappa shape index (κ3) is 4.07. The number of carboxylic acids is 1. The summed E-state index contributed by atoms with van der Waals surface area (Å²) in [6.45, 7) is 4.14. The Hall–Kier alpha value is -1.35. The van der Waals surface area contributed by atoms with Crippen molar-refractivity contribution in [1.82, 2.24) is 0 Å². The Balaban J connectivity index is 2.08. The molecule has 20 heavy (non-hydrogen) atoms. The van der Waals surface area contributed by atoms with Gasteiger partial charge in [0.25, 0.3) is 0 Å². The van der Waals surface area contributed by atoms with Crippen LogP contribution < -0.4 is 0 Å². The van der Waals surface area contributed by atoms with Gasteiger partial charge in [-0.05, 0) is 49.7 Å². The van der Waals surface area contributed by atoms with E-state index in [4.69, 9.17) is 9.84 Å². The molecule has 1 N–H and O–H groups in total. The molecule has 3 nitrogen and oxygen atoms in total. The van der Waals surface area contributed by atoms with Crippen LogP contribution >= 0.6 is 0 Å². The second-order valence-electron chi connectivity index (χ2n) is 6.42. The summed E-state index contributed by atoms with van der Waals surface area (Å²) in [5, 5.41) is 9.04. The molecule has 0 saturated heterocycles. The van der Waals surface area contributed by atoms with Crippen molar-refractivity contribution < 1.29 is 14.6 Å². The highest BCUT2D eigenvalue weighted by molar-refractivity contribution is 5.68. The highest BCUT2D eigenvalue weighted by Crippen LogP contribution is 2.44. The summed E-state index contributed by atoms with van der Waals surface area (Å²) in [5.74, 6) is 0.0378. The van der Waals surface area contributed by atoms with Crippen molar-refractivity contribution >= 4 is 5.97 Å². The summed E-state index contributed by atoms with van der Waals surface area (Å²) in [6, 6.07) is 8.39. The number of carboxylic acid groups (broad SMARTS) is 1. The molecule has 1 aromatic carbocycles. The number of hydrogen-bond acceptors (Lipinski definition) is 2. The van der Waals surface area contributed by atoms with Crippen LogP contribution in [-0.2, 0) is 16.0 Å². The standard InChI is InChI=1S/C17H24O3/c1-17(2,20-3)11-12-4-6-13(7-5-12)15(10-16(18)19)14-8-9-14/h4-7,14-15H,8-11H2,1-3H3,(H,18,19). The van der Waals surface area contributed by atoms with Crippen LogP contribution in [-0.4, -0.2) is 23.8 Å². The predicted octanol–water partition coefficient (Wildman–Crippen LogP) is 3.62. The van der Waals surface area contributed by atoms with Gasteiger partial charge in [-0.15, -0.1) is 0 Å². The smallest absolute Gasteiger partial charge is 0.303 e. The second-order valence-corrected chi connectivity index (χ2v) is 6.42. The first-order chi connectivity index (χ1) is 9.41. The lowest BCUT2D eigenvalue weighted by Gasteiger charge is -2.23. The van der Waals surface area contributed by atoms with E-state index < -0.39 is 5.97 Å². The fourth-order valence-corrected chi connectivity index (χ4v) is 2.69. The molecule has 0 aromatic heterocycles. The Morgan fingerprint density at radius 3 is 2.40 bits per heavy atom. The minimum Gasteiger partial charge on any atom is -0.481 e. The SMILES string of the molecule is COC(C)(C)Cc1ccc(C(CC(=O)O)C2CC2)cc1. The lowest BCUT2D eigenvalue weighted by molar-refractivity contribution is -0.137. The minimum absolute atomic E-state index is 0.168. The number of aliphatic carboxylic acids is 1. The summed E-state index contributed by atoms with van der Waals surface area (Å²) in [5.41, 5.74) is 2.22. The van der Waals surface area contributed by atoms with E-state index in [2.05, 4.69) is 38.1 Å². The van der Waals surface area contributed by atoms with Crippen LogP contribution in [0.4, 0.5) is 0 Å². The number of carbonyl (C=O) groups is 1. The molecule has 0 aliphatic heterocycles. The van der Waals surface area contributed by atoms with E-state index in [-0.39, 0.29) is 17.9 Å². The maximum atomic E-state index is 11.0. The molecule has 1 unspecified atom stereocenters. The third-order valence-corrected chi connectivity index (χ3v) is 4.18. The molecule has 1 aromatic rings. The first kappa shape index (κ1) is 15.0. The van der Waals surface area contributed by atoms with Crippen molar-refractivity contribution in [3.63, 3.8) is 0 Å². The molecule has 1 aliphatic rings. The van der Waals surface area contributed by atoms with Gasteiger partial charge in [-0.2, -0.15) is 0 Å². The summed E-state index contributed by atoms with van der Waals surface area (Å²) in [6.07, 6.45) is 3.43. The van der Waals surface area contributed by atoms with Gasteiger partial charge in [0.2, 0.25) is 0 Å². The van der Waals surface area contributed by atoms with Crippen LogP contribution in [0.5, 0.6) is 0 Å². The van der Waals surface area contributed by atoms with Crippen molar-refractivity contribution in [2.24, 2.45) is 5.92 Å². The van der Waals surface area contributed by atoms with E-state index in [9.17, 15) is 4.79 Å². The van der Waals surface area contributed by atoms with Crippen LogP contribution in [0.15, 0.2) is 24.3 Å². The molecule has 2 rings (SSSR count). The van der Waals surface area contributed by atoms with Gasteiger partial charge in [0.15, 0.2) is 0 Å². The molecule has 1 saturated carbocycles. The molecule has 0 spiro atoms. The molecule has 3 heteroatoms. The van der Waals surface area contributed by atoms with Gasteiger partial charge in [0.05, 0.1) is 12.0 Å². The zero-order valence-electron chi connectivity index (χ0n) is 12.6. The van der Waals surface area contributed by atoms with Crippen molar-refractivity contribution in [3.05, 3.63) is 35.4 Å². The number of methoxy groups -OCH3 is 1. The van der Waals surface area contributed by atoms with E-state index in [1.54, 1.807) is 7.11 Å². The lowest BCUT2D eigenvalue weighted by Crippen LogP contribution is -2.25. The molecule has 110 valence electrons. The number of hydrogen-bond donors (Lipinski definition) is 1. The quantitative estimate of drug-likeness (QED) is 0.827. The molecule has 0 bridgehead atoms. The topological polar surface area (TPSA) is 46.5 Å². The van der Waals surface area contributed by atoms with Gasteiger partial charge < -0.3 is 9.84 Å². The fraction of sp³-hybridized carbons (Fsp3) is 0.588. The van der Waals surface area contributed by atoms with E-state index in [0.717, 1.165) is 24.8 Å². The van der Waals surface area contributed by atoms with Crippen LogP contribution in [0.1, 0.15) is 50.2 Å². The molecular formula is C17H24O3. The van der Waals surface area contributed by atoms with Crippen LogP contribution in [0.3, 0.4) is 0 Å². The van der Waals surface area contributed by atoms with E-state index in [1.165, 1.54) is 5.56 Å². The van der Waals surface area contributed by atoms with Crippen molar-refractivity contribution in [3.8, 4) is 0 Å². The van der Waals surface area contributed by atoms with Crippen molar-refractivity contribution in [2.45, 2.75) is 51.0 Å². The van der Waals surface area contributed by atoms with E-state index in [0.29, 0.717) is 5.92 Å². The van der Waals surface area contributed by atoms with Crippen molar-refractivity contribution in [1.29, 1.82) is 0 Å². The monoisotopic (exact) mass is 276 g/mol. The Morgan fingerprint density at radius 2 is 1.95 bits per heavy atom. The number of ether oxygens (including phenoxy) is 1. The van der Waals surface area contributed by atoms with Gasteiger partial charge in [-0.25, -0.2) is 0 Å². The van der Waals surface area contributed by atoms with Gasteiger partial charge >= 0.3 is 5.97 Å². The Bertz CT molecular complexity index is 458. The molecular weight excluding hydrogens is 252 g/mol. The highest BCUT2D eigenvalue weighted by Gasteiger charge is 2.33. The van der Waals surface area contributed by atoms with Crippen LogP contribution in [0.25, 0.3) is 0 Å². The highest BCUT2D eigenvalue weighted by atomic mass is 16.5. The average Bonchev–Trinajstić information content (AvgIpc) is 3.21. The van der Waals surface area contributed by atoms with Crippen LogP contribution in [0.2, 0.25) is 0 Å². The first-order valence-corrected chi connectivity index (χ1v) is 7.27. The number of benzene rings is 1. The van der Waals surface area contributed by atoms with Gasteiger partial charge in [0.1, 0.15) is 0 Å². The second kappa shape index (κ2) is 5.96. The first-order valence-electron chi connectivity index (χ1n) is 7.27. The molecule has 0 amide bonds. The van der Waals surface area contributed by atoms with Crippen molar-refractivity contribution in [2.75, 3.05) is 7.11 Å². The Morgan fingerprint density at radius 1 is 1.35 bits per heavy atom. The Kier molecular flexibility index (Phi) is 4.48. The Labute approximate surface area is 121 Å². The predicted molar refractivity (Wildman–Crippen MR) is 79.0 cm³/mol. The zero-order valence-corrected chi connectivity index (χ0v) is 12.6. The molecule has 1 atom stereocenters. The summed E-state index contributed by atoms with van der Waals surface area (Å²) in [7, 11) is 1.73. The molecule has 0 radical (unpaired) electrons. The zero-order chi connectivity index (χ0) is 14.8. The summed E-state index contributed by atoms with van der Waals surface area (Å²) >= 11 is 0. The maximum Gasteiger partial charge on any atom is 0.303 e.